The molecule has 0 aliphatic carbocycles. The molecular formula is C27H23NO4. The molecule has 3 aromatic carbocycles. The summed E-state index contributed by atoms with van der Waals surface area (Å²) in [5.74, 6) is 0.932. The quantitative estimate of drug-likeness (QED) is 0.199. The van der Waals surface area contributed by atoms with E-state index < -0.39 is 5.97 Å². The molecule has 0 bridgehead atoms. The van der Waals surface area contributed by atoms with Crippen molar-refractivity contribution in [2.24, 2.45) is 0 Å². The van der Waals surface area contributed by atoms with Gasteiger partial charge in [-0.15, -0.1) is 0 Å². The van der Waals surface area contributed by atoms with Crippen molar-refractivity contribution in [3.63, 3.8) is 0 Å². The van der Waals surface area contributed by atoms with Crippen LogP contribution in [0.4, 0.5) is 0 Å². The Morgan fingerprint density at radius 1 is 0.938 bits per heavy atom. The number of benzene rings is 3. The molecule has 0 aliphatic heterocycles. The summed E-state index contributed by atoms with van der Waals surface area (Å²) in [4.78, 5) is 12.2. The third kappa shape index (κ3) is 6.61. The largest absolute Gasteiger partial charge is 0.493 e. The van der Waals surface area contributed by atoms with E-state index in [1.165, 1.54) is 24.8 Å². The predicted octanol–water partition coefficient (Wildman–Crippen LogP) is 5.74. The number of allylic oxidation sites excluding steroid dienone is 1. The summed E-state index contributed by atoms with van der Waals surface area (Å²) < 4.78 is 16.4. The highest BCUT2D eigenvalue weighted by molar-refractivity contribution is 5.89. The van der Waals surface area contributed by atoms with Crippen LogP contribution in [0, 0.1) is 18.3 Å². The smallest absolute Gasteiger partial charge is 0.336 e. The maximum atomic E-state index is 12.2. The average molecular weight is 425 g/mol. The van der Waals surface area contributed by atoms with Gasteiger partial charge < -0.3 is 14.2 Å². The third-order valence-electron chi connectivity index (χ3n) is 4.57. The normalized spacial score (nSPS) is 10.8. The average Bonchev–Trinajstić information content (AvgIpc) is 2.82. The Kier molecular flexibility index (Phi) is 7.83. The molecule has 0 atom stereocenters. The molecule has 0 aliphatic rings. The van der Waals surface area contributed by atoms with Gasteiger partial charge in [0, 0.05) is 12.2 Å². The van der Waals surface area contributed by atoms with Crippen molar-refractivity contribution in [2.75, 3.05) is 7.11 Å². The number of carbonyl (C=O) groups is 1. The molecule has 160 valence electrons. The van der Waals surface area contributed by atoms with E-state index in [1.54, 1.807) is 30.4 Å². The Labute approximate surface area is 187 Å². The number of aryl methyl sites for hydroxylation is 1. The molecule has 0 saturated heterocycles. The molecule has 3 rings (SSSR count). The van der Waals surface area contributed by atoms with Gasteiger partial charge in [-0.3, -0.25) is 0 Å². The van der Waals surface area contributed by atoms with Crippen molar-refractivity contribution in [2.45, 2.75) is 13.5 Å². The Bertz CT molecular complexity index is 1150. The lowest BCUT2D eigenvalue weighted by atomic mass is 10.1. The second-order valence-corrected chi connectivity index (χ2v) is 6.97. The van der Waals surface area contributed by atoms with Gasteiger partial charge in [-0.05, 0) is 60.0 Å². The number of hydrogen-bond donors (Lipinski definition) is 0. The number of nitriles is 1. The van der Waals surface area contributed by atoms with Crippen molar-refractivity contribution in [1.82, 2.24) is 0 Å². The van der Waals surface area contributed by atoms with Crippen LogP contribution in [0.15, 0.2) is 78.9 Å². The monoisotopic (exact) mass is 425 g/mol. The highest BCUT2D eigenvalue weighted by Gasteiger charge is 2.08. The fourth-order valence-corrected chi connectivity index (χ4v) is 2.84. The number of rotatable bonds is 8. The number of methoxy groups -OCH3 is 1. The van der Waals surface area contributed by atoms with E-state index in [1.807, 2.05) is 42.5 Å². The van der Waals surface area contributed by atoms with Crippen molar-refractivity contribution >= 4 is 18.1 Å². The predicted molar refractivity (Wildman–Crippen MR) is 124 cm³/mol. The molecule has 32 heavy (non-hydrogen) atoms. The Morgan fingerprint density at radius 2 is 1.66 bits per heavy atom. The van der Waals surface area contributed by atoms with E-state index in [4.69, 9.17) is 19.5 Å². The molecule has 0 saturated carbocycles. The Hall–Kier alpha value is -4.30. The number of nitrogens with zero attached hydrogens (tertiary/aromatic N) is 1. The van der Waals surface area contributed by atoms with E-state index >= 15 is 0 Å². The van der Waals surface area contributed by atoms with Crippen LogP contribution in [0.1, 0.15) is 22.3 Å². The first-order valence-electron chi connectivity index (χ1n) is 10.00. The van der Waals surface area contributed by atoms with Crippen molar-refractivity contribution in [3.8, 4) is 23.3 Å². The minimum atomic E-state index is -0.525. The van der Waals surface area contributed by atoms with Crippen molar-refractivity contribution in [1.29, 1.82) is 5.26 Å². The molecule has 0 N–H and O–H groups in total. The van der Waals surface area contributed by atoms with Gasteiger partial charge in [-0.25, -0.2) is 4.79 Å². The minimum absolute atomic E-state index is 0.302. The standard InChI is InChI=1S/C27H23NO4/c1-20-5-7-23(8-6-20)19-31-24-13-9-21(10-14-24)12-16-27(29)32-25-15-11-22(4-3-17-28)18-26(25)30-2/h3-16,18H,19H2,1-2H3/b4-3-,16-12+. The van der Waals surface area contributed by atoms with Crippen LogP contribution < -0.4 is 14.2 Å². The van der Waals surface area contributed by atoms with Gasteiger partial charge in [-0.2, -0.15) is 5.26 Å². The van der Waals surface area contributed by atoms with E-state index in [9.17, 15) is 4.79 Å². The molecule has 0 amide bonds. The molecule has 0 radical (unpaired) electrons. The van der Waals surface area contributed by atoms with Crippen molar-refractivity contribution in [3.05, 3.63) is 101 Å². The minimum Gasteiger partial charge on any atom is -0.493 e. The zero-order chi connectivity index (χ0) is 22.8. The van der Waals surface area contributed by atoms with Gasteiger partial charge in [-0.1, -0.05) is 48.0 Å². The van der Waals surface area contributed by atoms with Gasteiger partial charge in [0.1, 0.15) is 12.4 Å². The second-order valence-electron chi connectivity index (χ2n) is 6.97. The van der Waals surface area contributed by atoms with E-state index in [0.717, 1.165) is 22.4 Å². The summed E-state index contributed by atoms with van der Waals surface area (Å²) in [7, 11) is 1.49. The van der Waals surface area contributed by atoms with Gasteiger partial charge in [0.05, 0.1) is 13.2 Å². The maximum Gasteiger partial charge on any atom is 0.336 e. The Balaban J connectivity index is 1.56. The lowest BCUT2D eigenvalue weighted by Crippen LogP contribution is -2.05. The highest BCUT2D eigenvalue weighted by atomic mass is 16.6. The van der Waals surface area contributed by atoms with Crippen LogP contribution in [-0.4, -0.2) is 13.1 Å². The molecule has 0 unspecified atom stereocenters. The van der Waals surface area contributed by atoms with E-state index in [0.29, 0.717) is 18.1 Å². The van der Waals surface area contributed by atoms with Crippen LogP contribution in [0.2, 0.25) is 0 Å². The first-order valence-corrected chi connectivity index (χ1v) is 10.00. The van der Waals surface area contributed by atoms with E-state index in [2.05, 4.69) is 19.1 Å². The number of carbonyl (C=O) groups excluding carboxylic acids is 1. The fourth-order valence-electron chi connectivity index (χ4n) is 2.84. The molecule has 0 fully saturated rings. The fraction of sp³-hybridized carbons (Fsp3) is 0.111. The second kappa shape index (κ2) is 11.2. The SMILES string of the molecule is COc1cc(/C=C\C#N)ccc1OC(=O)/C=C/c1ccc(OCc2ccc(C)cc2)cc1. The summed E-state index contributed by atoms with van der Waals surface area (Å²) in [6.07, 6.45) is 6.03. The molecule has 3 aromatic rings. The lowest BCUT2D eigenvalue weighted by molar-refractivity contribution is -0.129. The maximum absolute atomic E-state index is 12.2. The van der Waals surface area contributed by atoms with Crippen LogP contribution in [0.25, 0.3) is 12.2 Å². The molecule has 5 heteroatoms. The first kappa shape index (κ1) is 22.4. The molecular weight excluding hydrogens is 402 g/mol. The lowest BCUT2D eigenvalue weighted by Gasteiger charge is -2.08. The number of hydrogen-bond acceptors (Lipinski definition) is 5. The van der Waals surface area contributed by atoms with E-state index in [-0.39, 0.29) is 0 Å². The van der Waals surface area contributed by atoms with Gasteiger partial charge in [0.2, 0.25) is 0 Å². The van der Waals surface area contributed by atoms with Crippen LogP contribution in [0.5, 0.6) is 17.2 Å². The topological polar surface area (TPSA) is 68.5 Å². The van der Waals surface area contributed by atoms with Crippen LogP contribution in [-0.2, 0) is 11.4 Å². The number of ether oxygens (including phenoxy) is 3. The summed E-state index contributed by atoms with van der Waals surface area (Å²) in [5.41, 5.74) is 3.93. The summed E-state index contributed by atoms with van der Waals surface area (Å²) in [6, 6.07) is 22.6. The summed E-state index contributed by atoms with van der Waals surface area (Å²) >= 11 is 0. The zero-order valence-electron chi connectivity index (χ0n) is 17.9. The highest BCUT2D eigenvalue weighted by Crippen LogP contribution is 2.29. The Morgan fingerprint density at radius 3 is 2.34 bits per heavy atom. The molecule has 5 nitrogen and oxygen atoms in total. The van der Waals surface area contributed by atoms with Gasteiger partial charge >= 0.3 is 5.97 Å². The van der Waals surface area contributed by atoms with Gasteiger partial charge in [0.15, 0.2) is 11.5 Å². The third-order valence-corrected chi connectivity index (χ3v) is 4.57. The van der Waals surface area contributed by atoms with Crippen LogP contribution >= 0.6 is 0 Å². The molecule has 0 spiro atoms. The first-order chi connectivity index (χ1) is 15.6. The molecule has 0 aromatic heterocycles. The summed E-state index contributed by atoms with van der Waals surface area (Å²) in [6.45, 7) is 2.55. The van der Waals surface area contributed by atoms with Crippen molar-refractivity contribution < 1.29 is 19.0 Å². The van der Waals surface area contributed by atoms with Crippen LogP contribution in [0.3, 0.4) is 0 Å². The van der Waals surface area contributed by atoms with Gasteiger partial charge in [0.25, 0.3) is 0 Å². The summed E-state index contributed by atoms with van der Waals surface area (Å²) in [5, 5.41) is 8.63. The molecule has 0 heterocycles. The number of esters is 1. The zero-order valence-corrected chi connectivity index (χ0v) is 17.9.